The number of esters is 1. The smallest absolute Gasteiger partial charge is 0.411 e. The molecule has 1 saturated carbocycles. The van der Waals surface area contributed by atoms with Gasteiger partial charge in [0.25, 0.3) is 0 Å². The largest absolute Gasteiger partial charge is 0.753 e. The van der Waals surface area contributed by atoms with Crippen LogP contribution in [-0.2, 0) is 20.9 Å². The molecule has 1 aromatic carbocycles. The first-order valence-electron chi connectivity index (χ1n) is 7.77. The molecule has 0 unspecified atom stereocenters. The summed E-state index contributed by atoms with van der Waals surface area (Å²) in [6.07, 6.45) is 0.436. The predicted molar refractivity (Wildman–Crippen MR) is 96.8 cm³/mol. The van der Waals surface area contributed by atoms with Crippen molar-refractivity contribution in [3.63, 3.8) is 0 Å². The van der Waals surface area contributed by atoms with Crippen molar-refractivity contribution in [1.29, 1.82) is 0 Å². The third-order valence-corrected chi connectivity index (χ3v) is 5.33. The van der Waals surface area contributed by atoms with Crippen molar-refractivity contribution >= 4 is 33.4 Å². The van der Waals surface area contributed by atoms with Crippen LogP contribution in [0.3, 0.4) is 0 Å². The van der Waals surface area contributed by atoms with E-state index in [9.17, 15) is 9.59 Å². The average Bonchev–Trinajstić information content (AvgIpc) is 3.12. The van der Waals surface area contributed by atoms with E-state index in [1.54, 1.807) is 0 Å². The molecule has 3 aliphatic rings. The van der Waals surface area contributed by atoms with Gasteiger partial charge in [-0.25, -0.2) is 9.59 Å². The Morgan fingerprint density at radius 2 is 2.04 bits per heavy atom. The first-order valence-corrected chi connectivity index (χ1v) is 9.70. The molecule has 1 amide bonds. The zero-order valence-electron chi connectivity index (χ0n) is 13.7. The molecular weight excluding hydrogens is 439 g/mol. The highest BCUT2D eigenvalue weighted by Crippen LogP contribution is 2.60. The fourth-order valence-corrected chi connectivity index (χ4v) is 4.11. The van der Waals surface area contributed by atoms with Gasteiger partial charge in [0.05, 0.1) is 13.7 Å². The Morgan fingerprint density at radius 3 is 2.68 bits per heavy atom. The van der Waals surface area contributed by atoms with Gasteiger partial charge >= 0.3 is 12.1 Å². The Morgan fingerprint density at radius 1 is 1.32 bits per heavy atom. The number of rotatable bonds is 6. The van der Waals surface area contributed by atoms with E-state index >= 15 is 0 Å². The van der Waals surface area contributed by atoms with Crippen LogP contribution in [0.5, 0.6) is 0 Å². The minimum atomic E-state index is -1.24. The number of methoxy groups -OCH3 is 1. The average molecular weight is 457 g/mol. The molecule has 9 heteroatoms. The predicted octanol–water partition coefficient (Wildman–Crippen LogP) is 3.42. The van der Waals surface area contributed by atoms with Crippen LogP contribution in [0.1, 0.15) is 18.4 Å². The van der Waals surface area contributed by atoms with E-state index in [0.717, 1.165) is 5.56 Å². The lowest BCUT2D eigenvalue weighted by atomic mass is 9.62. The first-order chi connectivity index (χ1) is 12.1. The Balaban J connectivity index is 1.70. The molecule has 2 aliphatic heterocycles. The number of benzene rings is 1. The molecule has 2 heterocycles. The Bertz CT molecular complexity index is 703. The van der Waals surface area contributed by atoms with Gasteiger partial charge < -0.3 is 13.0 Å². The maximum atomic E-state index is 12.6. The summed E-state index contributed by atoms with van der Waals surface area (Å²) in [5, 5.41) is 3.98. The van der Waals surface area contributed by atoms with Crippen LogP contribution in [0.4, 0.5) is 4.79 Å². The number of ether oxygens (including phenoxy) is 2. The van der Waals surface area contributed by atoms with Crippen LogP contribution in [0.25, 0.3) is 3.56 Å². The minimum absolute atomic E-state index is 0.148. The van der Waals surface area contributed by atoms with Crippen molar-refractivity contribution in [3.8, 4) is 0 Å². The van der Waals surface area contributed by atoms with Gasteiger partial charge in [-0.15, -0.1) is 21.3 Å². The summed E-state index contributed by atoms with van der Waals surface area (Å²) in [6, 6.07) is 9.37. The van der Waals surface area contributed by atoms with Crippen molar-refractivity contribution in [2.24, 2.45) is 13.9 Å². The number of carbonyl (C=O) groups excluding carboxylic acids is 2. The molecule has 4 rings (SSSR count). The molecule has 25 heavy (non-hydrogen) atoms. The number of carbonyl (C=O) groups is 2. The number of nitrogens with zero attached hydrogens (tertiary/aromatic N) is 4. The lowest BCUT2D eigenvalue weighted by molar-refractivity contribution is -0.157. The second kappa shape index (κ2) is 7.14. The molecule has 1 aromatic rings. The second-order valence-electron chi connectivity index (χ2n) is 6.45. The molecule has 0 atom stereocenters. The topological polar surface area (TPSA) is 103 Å². The summed E-state index contributed by atoms with van der Waals surface area (Å²) in [7, 11) is 1.32. The van der Waals surface area contributed by atoms with Crippen molar-refractivity contribution in [1.82, 2.24) is 4.90 Å². The molecule has 0 spiro atoms. The summed E-state index contributed by atoms with van der Waals surface area (Å²) in [5.74, 6) is -0.427. The fraction of sp³-hybridized carbons (Fsp3) is 0.500. The molecule has 1 aliphatic carbocycles. The maximum Gasteiger partial charge on any atom is 0.411 e. The molecule has 2 saturated heterocycles. The van der Waals surface area contributed by atoms with Gasteiger partial charge in [0, 0.05) is 12.0 Å². The van der Waals surface area contributed by atoms with E-state index in [1.807, 2.05) is 30.3 Å². The van der Waals surface area contributed by atoms with Crippen LogP contribution in [0.2, 0.25) is 0 Å². The van der Waals surface area contributed by atoms with Crippen LogP contribution < -0.4 is 0 Å². The summed E-state index contributed by atoms with van der Waals surface area (Å²) in [4.78, 5) is 26.3. The second-order valence-corrected chi connectivity index (χ2v) is 7.32. The molecule has 3 fully saturated rings. The zero-order chi connectivity index (χ0) is 17.9. The Labute approximate surface area is 155 Å². The SMILES string of the molecule is COC(=O)C12CC(CN=NI=[N-])(CN1C(=O)OCc1ccccc1)C2. The third-order valence-electron chi connectivity index (χ3n) is 4.83. The highest BCUT2D eigenvalue weighted by atomic mass is 127. The van der Waals surface area contributed by atoms with Crippen LogP contribution in [0, 0.1) is 5.41 Å². The van der Waals surface area contributed by atoms with Crippen LogP contribution >= 0.6 is 21.3 Å². The molecule has 2 bridgehead atoms. The summed E-state index contributed by atoms with van der Waals surface area (Å²) in [6.45, 7) is 0.905. The Kier molecular flexibility index (Phi) is 5.11. The fourth-order valence-electron chi connectivity index (χ4n) is 3.82. The lowest BCUT2D eigenvalue weighted by Gasteiger charge is -2.43. The van der Waals surface area contributed by atoms with Crippen molar-refractivity contribution in [3.05, 3.63) is 39.5 Å². The molecule has 0 aromatic heterocycles. The van der Waals surface area contributed by atoms with E-state index < -0.39 is 38.9 Å². The van der Waals surface area contributed by atoms with Crippen molar-refractivity contribution in [2.45, 2.75) is 25.0 Å². The molecular formula is C16H18IN4O4-. The van der Waals surface area contributed by atoms with E-state index in [1.165, 1.54) is 12.0 Å². The molecule has 0 N–H and O–H groups in total. The van der Waals surface area contributed by atoms with Gasteiger partial charge in [-0.1, -0.05) is 30.3 Å². The van der Waals surface area contributed by atoms with E-state index in [-0.39, 0.29) is 12.0 Å². The minimum Gasteiger partial charge on any atom is -0.753 e. The van der Waals surface area contributed by atoms with Crippen molar-refractivity contribution in [2.75, 3.05) is 20.2 Å². The summed E-state index contributed by atoms with van der Waals surface area (Å²) in [5.41, 5.74) is -0.376. The van der Waals surface area contributed by atoms with Gasteiger partial charge in [-0.2, -0.15) is 8.44 Å². The van der Waals surface area contributed by atoms with E-state index in [0.29, 0.717) is 25.9 Å². The lowest BCUT2D eigenvalue weighted by Crippen LogP contribution is -2.57. The van der Waals surface area contributed by atoms with Gasteiger partial charge in [0.2, 0.25) is 0 Å². The van der Waals surface area contributed by atoms with Gasteiger partial charge in [-0.3, -0.25) is 4.90 Å². The van der Waals surface area contributed by atoms with E-state index in [4.69, 9.17) is 13.0 Å². The molecule has 0 radical (unpaired) electrons. The van der Waals surface area contributed by atoms with Crippen LogP contribution in [0.15, 0.2) is 38.8 Å². The quantitative estimate of drug-likeness (QED) is 0.371. The summed E-state index contributed by atoms with van der Waals surface area (Å²) < 4.78 is 22.8. The normalized spacial score (nSPS) is 27.2. The highest BCUT2D eigenvalue weighted by molar-refractivity contribution is 14.2. The molecule has 134 valence electrons. The number of hydrogen-bond acceptors (Lipinski definition) is 5. The Hall–Kier alpha value is -1.91. The van der Waals surface area contributed by atoms with E-state index in [2.05, 4.69) is 8.44 Å². The number of fused-ring (bicyclic) bond motifs is 1. The first kappa shape index (κ1) is 17.9. The standard InChI is InChI=1S/C16H18IN4O4/c1-24-13(22)16-8-15(9-16,10-19-20-17-18)11-21(16)14(23)25-7-12-5-3-2-4-6-12/h2-6H,7-11H2,1H3/q-1. The highest BCUT2D eigenvalue weighted by Gasteiger charge is 2.71. The maximum absolute atomic E-state index is 12.6. The zero-order valence-corrected chi connectivity index (χ0v) is 15.9. The van der Waals surface area contributed by atoms with Crippen LogP contribution in [-0.4, -0.2) is 42.7 Å². The molecule has 8 nitrogen and oxygen atoms in total. The monoisotopic (exact) mass is 457 g/mol. The van der Waals surface area contributed by atoms with Gasteiger partial charge in [0.15, 0.2) is 0 Å². The van der Waals surface area contributed by atoms with Gasteiger partial charge in [0.1, 0.15) is 12.1 Å². The number of amides is 1. The van der Waals surface area contributed by atoms with Gasteiger partial charge in [-0.05, 0) is 18.4 Å². The number of hydrogen-bond donors (Lipinski definition) is 0. The van der Waals surface area contributed by atoms with Crippen molar-refractivity contribution < 1.29 is 19.1 Å². The number of halogens is 1. The summed E-state index contributed by atoms with van der Waals surface area (Å²) >= 11 is -1.24. The third kappa shape index (κ3) is 3.29.